The molecule has 2 heterocycles. The van der Waals surface area contributed by atoms with E-state index in [2.05, 4.69) is 27.7 Å². The lowest BCUT2D eigenvalue weighted by molar-refractivity contribution is -0.282. The molecule has 0 radical (unpaired) electrons. The first kappa shape index (κ1) is 22.3. The Morgan fingerprint density at radius 1 is 0.844 bits per heavy atom. The van der Waals surface area contributed by atoms with Crippen LogP contribution in [-0.4, -0.2) is 52.1 Å². The Morgan fingerprint density at radius 2 is 1.62 bits per heavy atom. The smallest absolute Gasteiger partial charge is 0.171 e. The Labute approximate surface area is 193 Å². The molecule has 0 aromatic heterocycles. The summed E-state index contributed by atoms with van der Waals surface area (Å²) < 4.78 is 13.1. The molecule has 0 amide bonds. The van der Waals surface area contributed by atoms with Gasteiger partial charge in [0, 0.05) is 18.3 Å². The van der Waals surface area contributed by atoms with Crippen LogP contribution in [0, 0.1) is 52.3 Å². The van der Waals surface area contributed by atoms with Gasteiger partial charge in [0.2, 0.25) is 0 Å². The van der Waals surface area contributed by atoms with Crippen LogP contribution in [-0.2, 0) is 9.47 Å². The molecule has 6 rings (SSSR count). The summed E-state index contributed by atoms with van der Waals surface area (Å²) in [7, 11) is 0. The first-order chi connectivity index (χ1) is 15.1. The van der Waals surface area contributed by atoms with Crippen molar-refractivity contribution in [3.05, 3.63) is 0 Å². The van der Waals surface area contributed by atoms with E-state index in [9.17, 15) is 15.3 Å². The van der Waals surface area contributed by atoms with E-state index in [1.54, 1.807) is 0 Å². The standard InChI is InChI=1S/C27H44O5/c1-14-7-10-27(31-13-14)15(2)21-24(32-27)23(30)22-17-6-5-16-11-19(28)20(29)12-26(16,4)18(17)8-9-25(21,22)3/h14-24,28-30H,5-13H2,1-4H3/t14-,15+,16+,17-,18+,19-,20-,21+,22-,23+,24-,25-,26+,27?/m1/s1. The topological polar surface area (TPSA) is 79.2 Å². The van der Waals surface area contributed by atoms with E-state index in [-0.39, 0.29) is 22.9 Å². The average Bonchev–Trinajstić information content (AvgIpc) is 3.15. The van der Waals surface area contributed by atoms with Crippen LogP contribution < -0.4 is 0 Å². The van der Waals surface area contributed by atoms with Crippen LogP contribution in [0.15, 0.2) is 0 Å². The van der Waals surface area contributed by atoms with Crippen molar-refractivity contribution in [2.24, 2.45) is 52.3 Å². The van der Waals surface area contributed by atoms with Crippen molar-refractivity contribution in [2.75, 3.05) is 6.61 Å². The van der Waals surface area contributed by atoms with E-state index in [0.29, 0.717) is 41.9 Å². The molecule has 4 saturated carbocycles. The maximum atomic E-state index is 11.8. The molecule has 182 valence electrons. The van der Waals surface area contributed by atoms with Gasteiger partial charge in [-0.05, 0) is 85.4 Å². The monoisotopic (exact) mass is 448 g/mol. The van der Waals surface area contributed by atoms with Gasteiger partial charge in [0.25, 0.3) is 0 Å². The molecule has 1 unspecified atom stereocenters. The summed E-state index contributed by atoms with van der Waals surface area (Å²) in [6, 6.07) is 0. The molecule has 6 aliphatic rings. The average molecular weight is 449 g/mol. The van der Waals surface area contributed by atoms with Gasteiger partial charge in [0.05, 0.1) is 31.0 Å². The predicted molar refractivity (Wildman–Crippen MR) is 121 cm³/mol. The molecule has 2 aliphatic heterocycles. The Balaban J connectivity index is 1.30. The Morgan fingerprint density at radius 3 is 2.34 bits per heavy atom. The number of rotatable bonds is 0. The highest BCUT2D eigenvalue weighted by molar-refractivity contribution is 5.18. The highest BCUT2D eigenvalue weighted by Gasteiger charge is 2.72. The van der Waals surface area contributed by atoms with Crippen molar-refractivity contribution in [2.45, 2.75) is 109 Å². The van der Waals surface area contributed by atoms with Gasteiger partial charge in [-0.25, -0.2) is 0 Å². The second-order valence-corrected chi connectivity index (χ2v) is 13.3. The van der Waals surface area contributed by atoms with E-state index >= 15 is 0 Å². The van der Waals surface area contributed by atoms with E-state index in [0.717, 1.165) is 45.1 Å². The molecular formula is C27H44O5. The van der Waals surface area contributed by atoms with Gasteiger partial charge >= 0.3 is 0 Å². The normalized spacial score (nSPS) is 64.0. The number of fused-ring (bicyclic) bond motifs is 7. The molecule has 0 aromatic rings. The molecule has 14 atom stereocenters. The lowest BCUT2D eigenvalue weighted by Gasteiger charge is -2.62. The summed E-state index contributed by atoms with van der Waals surface area (Å²) in [5.41, 5.74) is 0.146. The summed E-state index contributed by atoms with van der Waals surface area (Å²) >= 11 is 0. The minimum Gasteiger partial charge on any atom is -0.390 e. The van der Waals surface area contributed by atoms with Crippen molar-refractivity contribution in [1.29, 1.82) is 0 Å². The van der Waals surface area contributed by atoms with Crippen LogP contribution in [0.3, 0.4) is 0 Å². The lowest BCUT2D eigenvalue weighted by atomic mass is 9.44. The van der Waals surface area contributed by atoms with Gasteiger partial charge in [-0.15, -0.1) is 0 Å². The van der Waals surface area contributed by atoms with Gasteiger partial charge in [-0.3, -0.25) is 0 Å². The summed E-state index contributed by atoms with van der Waals surface area (Å²) in [4.78, 5) is 0. The third-order valence-corrected chi connectivity index (χ3v) is 12.0. The fourth-order valence-electron chi connectivity index (χ4n) is 10.3. The van der Waals surface area contributed by atoms with Crippen molar-refractivity contribution < 1.29 is 24.8 Å². The van der Waals surface area contributed by atoms with Crippen LogP contribution in [0.25, 0.3) is 0 Å². The van der Waals surface area contributed by atoms with Crippen molar-refractivity contribution in [1.82, 2.24) is 0 Å². The quantitative estimate of drug-likeness (QED) is 0.526. The van der Waals surface area contributed by atoms with Gasteiger partial charge in [0.1, 0.15) is 0 Å². The molecule has 5 heteroatoms. The van der Waals surface area contributed by atoms with Crippen molar-refractivity contribution >= 4 is 0 Å². The first-order valence-electron chi connectivity index (χ1n) is 13.5. The summed E-state index contributed by atoms with van der Waals surface area (Å²) in [6.07, 6.45) is 6.33. The highest BCUT2D eigenvalue weighted by atomic mass is 16.7. The molecule has 5 nitrogen and oxygen atoms in total. The number of aliphatic hydroxyl groups excluding tert-OH is 3. The molecule has 2 saturated heterocycles. The van der Waals surface area contributed by atoms with Gasteiger partial charge in [0.15, 0.2) is 5.79 Å². The van der Waals surface area contributed by atoms with Crippen molar-refractivity contribution in [3.8, 4) is 0 Å². The van der Waals surface area contributed by atoms with Crippen LogP contribution in [0.1, 0.15) is 79.1 Å². The van der Waals surface area contributed by atoms with Gasteiger partial charge in [-0.1, -0.05) is 27.7 Å². The summed E-state index contributed by atoms with van der Waals surface area (Å²) in [6.45, 7) is 10.2. The Kier molecular flexibility index (Phi) is 4.99. The molecule has 6 fully saturated rings. The zero-order valence-corrected chi connectivity index (χ0v) is 20.4. The number of hydrogen-bond donors (Lipinski definition) is 3. The molecule has 0 bridgehead atoms. The number of ether oxygens (including phenoxy) is 2. The second kappa shape index (κ2) is 7.16. The molecule has 3 N–H and O–H groups in total. The Hall–Kier alpha value is -0.200. The third-order valence-electron chi connectivity index (χ3n) is 12.0. The maximum Gasteiger partial charge on any atom is 0.171 e. The van der Waals surface area contributed by atoms with Crippen LogP contribution in [0.5, 0.6) is 0 Å². The van der Waals surface area contributed by atoms with Gasteiger partial charge < -0.3 is 24.8 Å². The van der Waals surface area contributed by atoms with E-state index in [1.807, 2.05) is 0 Å². The van der Waals surface area contributed by atoms with E-state index < -0.39 is 24.1 Å². The fourth-order valence-corrected chi connectivity index (χ4v) is 10.3. The predicted octanol–water partition coefficient (Wildman–Crippen LogP) is 3.74. The van der Waals surface area contributed by atoms with E-state index in [1.165, 1.54) is 6.42 Å². The van der Waals surface area contributed by atoms with Crippen molar-refractivity contribution in [3.63, 3.8) is 0 Å². The molecule has 32 heavy (non-hydrogen) atoms. The molecule has 0 aromatic carbocycles. The highest BCUT2D eigenvalue weighted by Crippen LogP contribution is 2.71. The van der Waals surface area contributed by atoms with Crippen LogP contribution in [0.4, 0.5) is 0 Å². The molecule has 4 aliphatic carbocycles. The minimum atomic E-state index is -0.606. The molecular weight excluding hydrogens is 404 g/mol. The van der Waals surface area contributed by atoms with E-state index in [4.69, 9.17) is 9.47 Å². The zero-order chi connectivity index (χ0) is 22.6. The number of aliphatic hydroxyl groups is 3. The SMILES string of the molecule is C[C@@H]1CCC2(OC1)O[C@H]1[C@@H](O)[C@H]3[C@@H]4CC[C@H]5C[C@@H](O)[C@H](O)C[C@]5(C)[C@H]4CC[C@]3(C)[C@H]1[C@@H]2C. The van der Waals surface area contributed by atoms with Crippen LogP contribution in [0.2, 0.25) is 0 Å². The first-order valence-corrected chi connectivity index (χ1v) is 13.5. The largest absolute Gasteiger partial charge is 0.390 e. The van der Waals surface area contributed by atoms with Crippen LogP contribution >= 0.6 is 0 Å². The van der Waals surface area contributed by atoms with Gasteiger partial charge in [-0.2, -0.15) is 0 Å². The Bertz CT molecular complexity index is 748. The fraction of sp³-hybridized carbons (Fsp3) is 1.00. The summed E-state index contributed by atoms with van der Waals surface area (Å²) in [5, 5.41) is 32.7. The molecule has 1 spiro atoms. The maximum absolute atomic E-state index is 11.8. The second-order valence-electron chi connectivity index (χ2n) is 13.3. The minimum absolute atomic E-state index is 0.0661. The lowest BCUT2D eigenvalue weighted by Crippen LogP contribution is -2.58. The number of hydrogen-bond acceptors (Lipinski definition) is 5. The zero-order valence-electron chi connectivity index (χ0n) is 20.4. The summed E-state index contributed by atoms with van der Waals surface area (Å²) in [5.74, 6) is 2.49. The third kappa shape index (κ3) is 2.75.